The summed E-state index contributed by atoms with van der Waals surface area (Å²) in [6.07, 6.45) is 0. The van der Waals surface area contributed by atoms with Crippen molar-refractivity contribution >= 4 is 23.0 Å². The van der Waals surface area contributed by atoms with Gasteiger partial charge in [0.05, 0.1) is 29.5 Å². The molecule has 1 heterocycles. The van der Waals surface area contributed by atoms with Crippen LogP contribution in [0.4, 0.5) is 0 Å². The molecule has 0 amide bonds. The number of carbonyl (C=O) groups is 1. The molecular weight excluding hydrogens is 372 g/mol. The van der Waals surface area contributed by atoms with Crippen molar-refractivity contribution in [3.8, 4) is 12.1 Å². The first-order valence-electron chi connectivity index (χ1n) is 8.88. The minimum absolute atomic E-state index is 0.219. The normalized spacial score (nSPS) is 27.9. The fourth-order valence-electron chi connectivity index (χ4n) is 3.69. The number of rotatable bonds is 6. The summed E-state index contributed by atoms with van der Waals surface area (Å²) in [5.74, 6) is -3.96. The molecule has 3 rings (SSSR count). The van der Waals surface area contributed by atoms with E-state index in [2.05, 4.69) is 15.3 Å². The Morgan fingerprint density at radius 1 is 1.07 bits per heavy atom. The summed E-state index contributed by atoms with van der Waals surface area (Å²) in [6, 6.07) is 12.4. The number of ketones is 1. The second-order valence-corrected chi connectivity index (χ2v) is 7.34. The lowest BCUT2D eigenvalue weighted by molar-refractivity contribution is -0.262. The highest BCUT2D eigenvalue weighted by Crippen LogP contribution is 2.78. The maximum absolute atomic E-state index is 13.3. The van der Waals surface area contributed by atoms with Crippen molar-refractivity contribution in [3.63, 3.8) is 0 Å². The molecule has 0 spiro atoms. The van der Waals surface area contributed by atoms with Crippen LogP contribution < -0.4 is 5.73 Å². The molecule has 0 unspecified atom stereocenters. The third-order valence-corrected chi connectivity index (χ3v) is 4.95. The Hall–Kier alpha value is -3.72. The molecule has 0 bridgehead atoms. The Labute approximate surface area is 168 Å². The van der Waals surface area contributed by atoms with E-state index in [0.717, 1.165) is 0 Å². The number of carbonyl (C=O) groups excluding carboxylic acids is 1. The summed E-state index contributed by atoms with van der Waals surface area (Å²) in [4.78, 5) is 28.5. The molecule has 1 aromatic rings. The molecule has 2 aliphatic rings. The smallest absolute Gasteiger partial charge is 0.386 e. The second kappa shape index (κ2) is 6.71. The van der Waals surface area contributed by atoms with Gasteiger partial charge in [0, 0.05) is 5.56 Å². The number of benzene rings is 1. The van der Waals surface area contributed by atoms with Gasteiger partial charge in [-0.25, -0.2) is 0 Å². The second-order valence-electron chi connectivity index (χ2n) is 7.34. The Bertz CT molecular complexity index is 1000. The highest BCUT2D eigenvalue weighted by atomic mass is 16.8. The van der Waals surface area contributed by atoms with E-state index in [-0.39, 0.29) is 5.84 Å². The fourth-order valence-corrected chi connectivity index (χ4v) is 3.69. The highest BCUT2D eigenvalue weighted by molar-refractivity contribution is 6.12. The van der Waals surface area contributed by atoms with Crippen molar-refractivity contribution in [2.45, 2.75) is 33.6 Å². The molecule has 0 radical (unpaired) electrons. The molecule has 148 valence electrons. The average molecular weight is 392 g/mol. The summed E-state index contributed by atoms with van der Waals surface area (Å²) in [5.41, 5.74) is 3.89. The van der Waals surface area contributed by atoms with E-state index in [1.54, 1.807) is 58.0 Å². The van der Waals surface area contributed by atoms with Crippen molar-refractivity contribution in [2.24, 2.45) is 37.8 Å². The molecular formula is C20H20N6O3. The standard InChI is InChI=1S/C20H20N6O3/c1-12(2)25-28-20(29-26-13(3)4)19(11-22)16(18(19,10-21)17(23)24-20)15(27)14-8-6-5-7-9-14/h5-9,16H,1-4H3,(H2,23,24)/t16-,18+,19+/m0/s1. The third kappa shape index (κ3) is 2.51. The Morgan fingerprint density at radius 2 is 1.62 bits per heavy atom. The van der Waals surface area contributed by atoms with Crippen molar-refractivity contribution in [2.75, 3.05) is 0 Å². The van der Waals surface area contributed by atoms with Crippen molar-refractivity contribution in [1.29, 1.82) is 10.5 Å². The average Bonchev–Trinajstić information content (AvgIpc) is 3.28. The minimum atomic E-state index is -2.16. The summed E-state index contributed by atoms with van der Waals surface area (Å²) >= 11 is 0. The number of fused-ring (bicyclic) bond motifs is 1. The van der Waals surface area contributed by atoms with Gasteiger partial charge in [0.1, 0.15) is 5.84 Å². The number of hydrogen-bond acceptors (Lipinski definition) is 9. The SMILES string of the molecule is CC(C)=NOC1(ON=C(C)C)N=C(N)[C@@]2(C#N)[C@H](C(=O)c3ccccc3)[C@@]12C#N. The monoisotopic (exact) mass is 392 g/mol. The minimum Gasteiger partial charge on any atom is -0.386 e. The first-order valence-corrected chi connectivity index (χ1v) is 8.88. The van der Waals surface area contributed by atoms with Gasteiger partial charge >= 0.3 is 5.91 Å². The Morgan fingerprint density at radius 3 is 2.07 bits per heavy atom. The first-order chi connectivity index (χ1) is 13.7. The molecule has 1 fully saturated rings. The number of aliphatic imine (C=N–C) groups is 1. The van der Waals surface area contributed by atoms with Gasteiger partial charge < -0.3 is 15.4 Å². The molecule has 1 saturated carbocycles. The predicted octanol–water partition coefficient (Wildman–Crippen LogP) is 2.37. The van der Waals surface area contributed by atoms with Gasteiger partial charge in [-0.15, -0.1) is 0 Å². The van der Waals surface area contributed by atoms with Crippen molar-refractivity contribution in [3.05, 3.63) is 35.9 Å². The number of nitrogens with two attached hydrogens (primary N) is 1. The van der Waals surface area contributed by atoms with Gasteiger partial charge in [-0.2, -0.15) is 15.5 Å². The van der Waals surface area contributed by atoms with Crippen molar-refractivity contribution < 1.29 is 14.5 Å². The number of amidine groups is 1. The number of oxime groups is 2. The van der Waals surface area contributed by atoms with Crippen LogP contribution in [0.2, 0.25) is 0 Å². The van der Waals surface area contributed by atoms with Gasteiger partial charge in [-0.05, 0) is 27.7 Å². The molecule has 0 aromatic heterocycles. The Kier molecular flexibility index (Phi) is 4.63. The predicted molar refractivity (Wildman–Crippen MR) is 104 cm³/mol. The lowest BCUT2D eigenvalue weighted by atomic mass is 9.94. The summed E-state index contributed by atoms with van der Waals surface area (Å²) in [5, 5.41) is 27.9. The van der Waals surface area contributed by atoms with E-state index in [4.69, 9.17) is 15.4 Å². The lowest BCUT2D eigenvalue weighted by Crippen LogP contribution is -2.42. The maximum Gasteiger partial charge on any atom is 0.421 e. The first kappa shape index (κ1) is 20.0. The van der Waals surface area contributed by atoms with Gasteiger partial charge in [-0.3, -0.25) is 4.79 Å². The van der Waals surface area contributed by atoms with Crippen LogP contribution in [0.5, 0.6) is 0 Å². The van der Waals surface area contributed by atoms with Crippen LogP contribution >= 0.6 is 0 Å². The van der Waals surface area contributed by atoms with E-state index in [0.29, 0.717) is 17.0 Å². The van der Waals surface area contributed by atoms with Crippen LogP contribution in [0.1, 0.15) is 38.1 Å². The Balaban J connectivity index is 2.20. The molecule has 9 nitrogen and oxygen atoms in total. The lowest BCUT2D eigenvalue weighted by Gasteiger charge is -2.27. The van der Waals surface area contributed by atoms with Crippen LogP contribution in [-0.2, 0) is 9.68 Å². The van der Waals surface area contributed by atoms with Gasteiger partial charge in [0.2, 0.25) is 5.41 Å². The zero-order chi connectivity index (χ0) is 21.4. The van der Waals surface area contributed by atoms with E-state index < -0.39 is 28.4 Å². The van der Waals surface area contributed by atoms with Gasteiger partial charge in [0.25, 0.3) is 0 Å². The van der Waals surface area contributed by atoms with Gasteiger partial charge in [0.15, 0.2) is 11.2 Å². The van der Waals surface area contributed by atoms with Crippen LogP contribution in [0.15, 0.2) is 45.6 Å². The molecule has 3 atom stereocenters. The molecule has 9 heteroatoms. The molecule has 1 aromatic carbocycles. The van der Waals surface area contributed by atoms with Crippen LogP contribution in [-0.4, -0.2) is 29.0 Å². The zero-order valence-electron chi connectivity index (χ0n) is 16.5. The number of Topliss-reactive ketones (excluding diaryl/α,β-unsaturated/α-hetero) is 1. The summed E-state index contributed by atoms with van der Waals surface area (Å²) in [6.45, 7) is 6.67. The van der Waals surface area contributed by atoms with Crippen LogP contribution in [0, 0.1) is 39.4 Å². The maximum atomic E-state index is 13.3. The van der Waals surface area contributed by atoms with E-state index in [1.807, 2.05) is 12.1 Å². The van der Waals surface area contributed by atoms with Crippen LogP contribution in [0.3, 0.4) is 0 Å². The van der Waals surface area contributed by atoms with E-state index in [1.165, 1.54) is 0 Å². The molecule has 1 aliphatic heterocycles. The molecule has 2 N–H and O–H groups in total. The zero-order valence-corrected chi connectivity index (χ0v) is 16.5. The summed E-state index contributed by atoms with van der Waals surface area (Å²) in [7, 11) is 0. The molecule has 0 saturated heterocycles. The molecule has 29 heavy (non-hydrogen) atoms. The number of nitriles is 2. The largest absolute Gasteiger partial charge is 0.421 e. The van der Waals surface area contributed by atoms with Gasteiger partial charge in [-0.1, -0.05) is 40.6 Å². The molecule has 1 aliphatic carbocycles. The topological polar surface area (TPSA) is 146 Å². The quantitative estimate of drug-likeness (QED) is 0.340. The fraction of sp³-hybridized carbons (Fsp3) is 0.400. The third-order valence-electron chi connectivity index (χ3n) is 4.95. The van der Waals surface area contributed by atoms with Crippen LogP contribution in [0.25, 0.3) is 0 Å². The number of nitrogens with zero attached hydrogens (tertiary/aromatic N) is 5. The number of hydrogen-bond donors (Lipinski definition) is 1. The van der Waals surface area contributed by atoms with E-state index >= 15 is 0 Å². The van der Waals surface area contributed by atoms with Crippen molar-refractivity contribution in [1.82, 2.24) is 0 Å². The highest BCUT2D eigenvalue weighted by Gasteiger charge is 2.97. The summed E-state index contributed by atoms with van der Waals surface area (Å²) < 4.78 is 0. The van der Waals surface area contributed by atoms with E-state index in [9.17, 15) is 15.3 Å².